The molecular weight excluding hydrogens is 190 g/mol. The third kappa shape index (κ3) is 2.09. The third-order valence-electron chi connectivity index (χ3n) is 3.53. The van der Waals surface area contributed by atoms with E-state index >= 15 is 0 Å². The van der Waals surface area contributed by atoms with Crippen molar-refractivity contribution in [3.05, 3.63) is 0 Å². The van der Waals surface area contributed by atoms with Crippen LogP contribution in [-0.2, 0) is 0 Å². The summed E-state index contributed by atoms with van der Waals surface area (Å²) in [5.74, 6) is 0. The van der Waals surface area contributed by atoms with Gasteiger partial charge in [-0.1, -0.05) is 0 Å². The van der Waals surface area contributed by atoms with Gasteiger partial charge in [-0.3, -0.25) is 4.90 Å². The average molecular weight is 211 g/mol. The van der Waals surface area contributed by atoms with Gasteiger partial charge in [0.15, 0.2) is 0 Å². The van der Waals surface area contributed by atoms with Crippen molar-refractivity contribution in [1.29, 1.82) is 0 Å². The van der Waals surface area contributed by atoms with Crippen LogP contribution in [0.5, 0.6) is 0 Å². The van der Waals surface area contributed by atoms with Crippen LogP contribution in [-0.4, -0.2) is 54.1 Å². The molecule has 1 N–H and O–H groups in total. The molecule has 2 rings (SSSR count). The zero-order valence-corrected chi connectivity index (χ0v) is 9.70. The SMILES string of the molecule is CCNC(=O)N1CC2CCCN2CC1C. The first-order valence-electron chi connectivity index (χ1n) is 6.01. The topological polar surface area (TPSA) is 35.6 Å². The molecule has 2 amide bonds. The molecule has 2 aliphatic heterocycles. The zero-order valence-electron chi connectivity index (χ0n) is 9.70. The van der Waals surface area contributed by atoms with Gasteiger partial charge in [0.2, 0.25) is 0 Å². The second kappa shape index (κ2) is 4.39. The van der Waals surface area contributed by atoms with E-state index in [0.29, 0.717) is 12.1 Å². The Labute approximate surface area is 91.6 Å². The van der Waals surface area contributed by atoms with Crippen molar-refractivity contribution in [1.82, 2.24) is 15.1 Å². The van der Waals surface area contributed by atoms with Crippen LogP contribution in [0.1, 0.15) is 26.7 Å². The fourth-order valence-corrected chi connectivity index (χ4v) is 2.72. The van der Waals surface area contributed by atoms with Crippen LogP contribution in [0.2, 0.25) is 0 Å². The standard InChI is InChI=1S/C11H21N3O/c1-3-12-11(15)14-8-10-5-4-6-13(10)7-9(14)2/h9-10H,3-8H2,1-2H3,(H,12,15). The van der Waals surface area contributed by atoms with E-state index in [2.05, 4.69) is 17.1 Å². The molecule has 86 valence electrons. The quantitative estimate of drug-likeness (QED) is 0.699. The van der Waals surface area contributed by atoms with Gasteiger partial charge in [0.25, 0.3) is 0 Å². The minimum atomic E-state index is 0.108. The molecule has 0 aromatic heterocycles. The molecule has 2 aliphatic rings. The highest BCUT2D eigenvalue weighted by Crippen LogP contribution is 2.24. The summed E-state index contributed by atoms with van der Waals surface area (Å²) in [6.07, 6.45) is 2.54. The van der Waals surface area contributed by atoms with E-state index in [-0.39, 0.29) is 6.03 Å². The Hall–Kier alpha value is -0.770. The maximum absolute atomic E-state index is 11.8. The minimum Gasteiger partial charge on any atom is -0.338 e. The molecule has 0 aromatic rings. The molecule has 0 aliphatic carbocycles. The monoisotopic (exact) mass is 211 g/mol. The summed E-state index contributed by atoms with van der Waals surface area (Å²) >= 11 is 0. The van der Waals surface area contributed by atoms with E-state index in [9.17, 15) is 4.79 Å². The largest absolute Gasteiger partial charge is 0.338 e. The predicted octanol–water partition coefficient (Wildman–Crippen LogP) is 0.884. The van der Waals surface area contributed by atoms with Crippen LogP contribution in [0.4, 0.5) is 4.79 Å². The molecule has 15 heavy (non-hydrogen) atoms. The number of carbonyl (C=O) groups excluding carboxylic acids is 1. The highest BCUT2D eigenvalue weighted by atomic mass is 16.2. The summed E-state index contributed by atoms with van der Waals surface area (Å²) in [4.78, 5) is 16.3. The number of hydrogen-bond acceptors (Lipinski definition) is 2. The van der Waals surface area contributed by atoms with Crippen LogP contribution in [0.25, 0.3) is 0 Å². The molecular formula is C11H21N3O. The number of piperazine rings is 1. The average Bonchev–Trinajstić information content (AvgIpc) is 2.63. The summed E-state index contributed by atoms with van der Waals surface area (Å²) in [5, 5.41) is 2.89. The van der Waals surface area contributed by atoms with Crippen LogP contribution in [0.3, 0.4) is 0 Å². The number of nitrogens with zero attached hydrogens (tertiary/aromatic N) is 2. The van der Waals surface area contributed by atoms with Crippen molar-refractivity contribution < 1.29 is 4.79 Å². The molecule has 0 aromatic carbocycles. The van der Waals surface area contributed by atoms with Crippen LogP contribution in [0, 0.1) is 0 Å². The first-order chi connectivity index (χ1) is 7.22. The molecule has 0 saturated carbocycles. The van der Waals surface area contributed by atoms with Crippen LogP contribution >= 0.6 is 0 Å². The highest BCUT2D eigenvalue weighted by Gasteiger charge is 2.36. The lowest BCUT2D eigenvalue weighted by atomic mass is 10.1. The first-order valence-corrected chi connectivity index (χ1v) is 6.01. The van der Waals surface area contributed by atoms with E-state index in [4.69, 9.17) is 0 Å². The highest BCUT2D eigenvalue weighted by molar-refractivity contribution is 5.74. The Morgan fingerprint density at radius 2 is 2.27 bits per heavy atom. The van der Waals surface area contributed by atoms with Gasteiger partial charge < -0.3 is 10.2 Å². The number of fused-ring (bicyclic) bond motifs is 1. The van der Waals surface area contributed by atoms with Crippen molar-refractivity contribution >= 4 is 6.03 Å². The molecule has 0 spiro atoms. The fourth-order valence-electron chi connectivity index (χ4n) is 2.72. The van der Waals surface area contributed by atoms with Gasteiger partial charge in [-0.15, -0.1) is 0 Å². The normalized spacial score (nSPS) is 31.5. The Morgan fingerprint density at radius 1 is 1.47 bits per heavy atom. The lowest BCUT2D eigenvalue weighted by molar-refractivity contribution is 0.0806. The number of rotatable bonds is 1. The van der Waals surface area contributed by atoms with Gasteiger partial charge in [-0.05, 0) is 33.2 Å². The maximum atomic E-state index is 11.8. The third-order valence-corrected chi connectivity index (χ3v) is 3.53. The van der Waals surface area contributed by atoms with Crippen LogP contribution < -0.4 is 5.32 Å². The summed E-state index contributed by atoms with van der Waals surface area (Å²) in [6.45, 7) is 8.00. The van der Waals surface area contributed by atoms with Gasteiger partial charge in [-0.25, -0.2) is 4.79 Å². The maximum Gasteiger partial charge on any atom is 0.317 e. The van der Waals surface area contributed by atoms with E-state index in [1.807, 2.05) is 11.8 Å². The minimum absolute atomic E-state index is 0.108. The van der Waals surface area contributed by atoms with Crippen molar-refractivity contribution in [2.24, 2.45) is 0 Å². The van der Waals surface area contributed by atoms with Crippen molar-refractivity contribution in [3.8, 4) is 0 Å². The van der Waals surface area contributed by atoms with Crippen molar-refractivity contribution in [3.63, 3.8) is 0 Å². The number of hydrogen-bond donors (Lipinski definition) is 1. The Bertz CT molecular complexity index is 244. The molecule has 2 unspecified atom stereocenters. The first kappa shape index (κ1) is 10.7. The second-order valence-corrected chi connectivity index (χ2v) is 4.63. The zero-order chi connectivity index (χ0) is 10.8. The summed E-state index contributed by atoms with van der Waals surface area (Å²) in [5.41, 5.74) is 0. The lowest BCUT2D eigenvalue weighted by Gasteiger charge is -2.42. The van der Waals surface area contributed by atoms with E-state index in [1.54, 1.807) is 0 Å². The molecule has 4 heteroatoms. The number of amides is 2. The van der Waals surface area contributed by atoms with Gasteiger partial charge in [0, 0.05) is 31.7 Å². The molecule has 2 fully saturated rings. The Balaban J connectivity index is 1.97. The van der Waals surface area contributed by atoms with Gasteiger partial charge >= 0.3 is 6.03 Å². The summed E-state index contributed by atoms with van der Waals surface area (Å²) in [7, 11) is 0. The predicted molar refractivity (Wildman–Crippen MR) is 59.8 cm³/mol. The number of nitrogens with one attached hydrogen (secondary N) is 1. The smallest absolute Gasteiger partial charge is 0.317 e. The molecule has 0 radical (unpaired) electrons. The van der Waals surface area contributed by atoms with Gasteiger partial charge in [0.1, 0.15) is 0 Å². The van der Waals surface area contributed by atoms with Crippen LogP contribution in [0.15, 0.2) is 0 Å². The number of carbonyl (C=O) groups is 1. The Kier molecular flexibility index (Phi) is 3.14. The van der Waals surface area contributed by atoms with Crippen molar-refractivity contribution in [2.45, 2.75) is 38.8 Å². The molecule has 2 saturated heterocycles. The van der Waals surface area contributed by atoms with E-state index < -0.39 is 0 Å². The molecule has 4 nitrogen and oxygen atoms in total. The number of urea groups is 1. The lowest BCUT2D eigenvalue weighted by Crippen LogP contribution is -2.58. The molecule has 2 heterocycles. The molecule has 0 bridgehead atoms. The second-order valence-electron chi connectivity index (χ2n) is 4.63. The molecule has 2 atom stereocenters. The Morgan fingerprint density at radius 3 is 3.00 bits per heavy atom. The van der Waals surface area contributed by atoms with Crippen molar-refractivity contribution in [2.75, 3.05) is 26.2 Å². The van der Waals surface area contributed by atoms with Gasteiger partial charge in [0.05, 0.1) is 0 Å². The van der Waals surface area contributed by atoms with E-state index in [1.165, 1.54) is 19.4 Å². The van der Waals surface area contributed by atoms with Gasteiger partial charge in [-0.2, -0.15) is 0 Å². The van der Waals surface area contributed by atoms with E-state index in [0.717, 1.165) is 19.6 Å². The summed E-state index contributed by atoms with van der Waals surface area (Å²) < 4.78 is 0. The fraction of sp³-hybridized carbons (Fsp3) is 0.909. The summed E-state index contributed by atoms with van der Waals surface area (Å²) in [6, 6.07) is 1.08.